The molecule has 0 fully saturated rings. The Balaban J connectivity index is 2.19. The minimum Gasteiger partial charge on any atom is -0.341 e. The van der Waals surface area contributed by atoms with Gasteiger partial charge in [-0.3, -0.25) is 9.78 Å². The van der Waals surface area contributed by atoms with E-state index in [0.29, 0.717) is 0 Å². The molecule has 72 valence electrons. The zero-order valence-electron chi connectivity index (χ0n) is 7.70. The number of H-pyrrole nitrogens is 1. The fourth-order valence-corrected chi connectivity index (χ4v) is 1.65. The number of nitrogens with one attached hydrogen (secondary N) is 2. The fraction of sp³-hybridized carbons (Fsp3) is 0.100. The highest BCUT2D eigenvalue weighted by Gasteiger charge is 1.96. The second-order valence-electron chi connectivity index (χ2n) is 3.05. The molecule has 0 saturated heterocycles. The van der Waals surface area contributed by atoms with E-state index in [0.717, 1.165) is 22.8 Å². The maximum atomic E-state index is 10.9. The average Bonchev–Trinajstić information content (AvgIpc) is 2.56. The molecule has 0 aliphatic carbocycles. The number of rotatable bonds is 2. The minimum atomic E-state index is -0.0420. The molecule has 2 rings (SSSR count). The van der Waals surface area contributed by atoms with E-state index in [4.69, 9.17) is 0 Å². The SMILES string of the molecule is Cc1ccc(Nc2csc(=O)[nH]2)cc1. The molecular formula is C10H10N2OS. The summed E-state index contributed by atoms with van der Waals surface area (Å²) < 4.78 is 0. The van der Waals surface area contributed by atoms with Crippen molar-refractivity contribution in [3.8, 4) is 0 Å². The first-order valence-corrected chi connectivity index (χ1v) is 5.13. The lowest BCUT2D eigenvalue weighted by Gasteiger charge is -2.02. The maximum absolute atomic E-state index is 10.9. The Labute approximate surface area is 85.4 Å². The molecule has 1 aromatic carbocycles. The second-order valence-corrected chi connectivity index (χ2v) is 3.90. The molecular weight excluding hydrogens is 196 g/mol. The van der Waals surface area contributed by atoms with Gasteiger partial charge in [0.1, 0.15) is 5.82 Å². The van der Waals surface area contributed by atoms with Crippen molar-refractivity contribution in [2.45, 2.75) is 6.92 Å². The Morgan fingerprint density at radius 1 is 1.29 bits per heavy atom. The van der Waals surface area contributed by atoms with Crippen LogP contribution < -0.4 is 10.2 Å². The summed E-state index contributed by atoms with van der Waals surface area (Å²) in [5.74, 6) is 0.740. The van der Waals surface area contributed by atoms with E-state index in [1.54, 1.807) is 5.38 Å². The fourth-order valence-electron chi connectivity index (χ4n) is 1.13. The Bertz CT molecular complexity index is 469. The van der Waals surface area contributed by atoms with Gasteiger partial charge in [0.2, 0.25) is 0 Å². The predicted octanol–water partition coefficient (Wildman–Crippen LogP) is 2.49. The van der Waals surface area contributed by atoms with Crippen molar-refractivity contribution in [1.29, 1.82) is 0 Å². The average molecular weight is 206 g/mol. The van der Waals surface area contributed by atoms with Crippen molar-refractivity contribution < 1.29 is 0 Å². The first-order valence-electron chi connectivity index (χ1n) is 4.25. The van der Waals surface area contributed by atoms with Crippen molar-refractivity contribution in [3.63, 3.8) is 0 Å². The van der Waals surface area contributed by atoms with Crippen LogP contribution in [-0.2, 0) is 0 Å². The number of benzene rings is 1. The van der Waals surface area contributed by atoms with Gasteiger partial charge in [-0.05, 0) is 19.1 Å². The normalized spacial score (nSPS) is 10.1. The summed E-state index contributed by atoms with van der Waals surface area (Å²) in [5.41, 5.74) is 2.19. The van der Waals surface area contributed by atoms with Crippen molar-refractivity contribution in [2.75, 3.05) is 5.32 Å². The third-order valence-electron chi connectivity index (χ3n) is 1.85. The van der Waals surface area contributed by atoms with Gasteiger partial charge in [0.05, 0.1) is 0 Å². The van der Waals surface area contributed by atoms with Gasteiger partial charge >= 0.3 is 4.87 Å². The first kappa shape index (κ1) is 9.02. The molecule has 1 heterocycles. The third kappa shape index (κ3) is 2.03. The van der Waals surface area contributed by atoms with E-state index in [9.17, 15) is 4.79 Å². The number of hydrogen-bond donors (Lipinski definition) is 2. The van der Waals surface area contributed by atoms with E-state index in [1.165, 1.54) is 5.56 Å². The highest BCUT2D eigenvalue weighted by atomic mass is 32.1. The Hall–Kier alpha value is -1.55. The molecule has 2 aromatic rings. The van der Waals surface area contributed by atoms with Gasteiger partial charge in [-0.1, -0.05) is 29.0 Å². The molecule has 3 nitrogen and oxygen atoms in total. The number of aromatic nitrogens is 1. The van der Waals surface area contributed by atoms with Gasteiger partial charge in [0.15, 0.2) is 0 Å². The Morgan fingerprint density at radius 2 is 2.00 bits per heavy atom. The van der Waals surface area contributed by atoms with Crippen LogP contribution in [0.1, 0.15) is 5.56 Å². The zero-order chi connectivity index (χ0) is 9.97. The van der Waals surface area contributed by atoms with Gasteiger partial charge in [0.25, 0.3) is 0 Å². The van der Waals surface area contributed by atoms with E-state index in [-0.39, 0.29) is 4.87 Å². The van der Waals surface area contributed by atoms with Crippen LogP contribution in [0.25, 0.3) is 0 Å². The maximum Gasteiger partial charge on any atom is 0.306 e. The molecule has 14 heavy (non-hydrogen) atoms. The highest BCUT2D eigenvalue weighted by molar-refractivity contribution is 7.07. The van der Waals surface area contributed by atoms with E-state index in [2.05, 4.69) is 10.3 Å². The Morgan fingerprint density at radius 3 is 2.57 bits per heavy atom. The number of hydrogen-bond acceptors (Lipinski definition) is 3. The van der Waals surface area contributed by atoms with Gasteiger partial charge in [-0.25, -0.2) is 0 Å². The minimum absolute atomic E-state index is 0.0420. The molecule has 0 aliphatic rings. The molecule has 0 aliphatic heterocycles. The van der Waals surface area contributed by atoms with Gasteiger partial charge in [-0.2, -0.15) is 0 Å². The molecule has 0 radical (unpaired) electrons. The third-order valence-corrected chi connectivity index (χ3v) is 2.52. The van der Waals surface area contributed by atoms with Crippen molar-refractivity contribution in [2.24, 2.45) is 0 Å². The summed E-state index contributed by atoms with van der Waals surface area (Å²) in [4.78, 5) is 13.5. The van der Waals surface area contributed by atoms with Crippen molar-refractivity contribution in [3.05, 3.63) is 44.9 Å². The van der Waals surface area contributed by atoms with Crippen LogP contribution in [0, 0.1) is 6.92 Å². The molecule has 0 bridgehead atoms. The molecule has 0 amide bonds. The largest absolute Gasteiger partial charge is 0.341 e. The molecule has 0 atom stereocenters. The standard InChI is InChI=1S/C10H10N2OS/c1-7-2-4-8(5-3-7)11-9-6-14-10(13)12-9/h2-6,11H,1H3,(H,12,13). The molecule has 1 aromatic heterocycles. The lowest BCUT2D eigenvalue weighted by molar-refractivity contribution is 1.32. The summed E-state index contributed by atoms with van der Waals surface area (Å²) in [6.45, 7) is 2.04. The van der Waals surface area contributed by atoms with Crippen molar-refractivity contribution >= 4 is 22.8 Å². The summed E-state index contributed by atoms with van der Waals surface area (Å²) in [6, 6.07) is 8.00. The van der Waals surface area contributed by atoms with Crippen molar-refractivity contribution in [1.82, 2.24) is 4.98 Å². The summed E-state index contributed by atoms with van der Waals surface area (Å²) in [7, 11) is 0. The van der Waals surface area contributed by atoms with Crippen LogP contribution in [0.5, 0.6) is 0 Å². The predicted molar refractivity (Wildman–Crippen MR) is 59.4 cm³/mol. The highest BCUT2D eigenvalue weighted by Crippen LogP contribution is 2.14. The second kappa shape index (κ2) is 3.67. The number of thiazole rings is 1. The topological polar surface area (TPSA) is 44.9 Å². The molecule has 2 N–H and O–H groups in total. The molecule has 0 saturated carbocycles. The van der Waals surface area contributed by atoms with E-state index < -0.39 is 0 Å². The molecule has 0 spiro atoms. The lowest BCUT2D eigenvalue weighted by Crippen LogP contribution is -1.96. The smallest absolute Gasteiger partial charge is 0.306 e. The van der Waals surface area contributed by atoms with Gasteiger partial charge in [0, 0.05) is 11.1 Å². The van der Waals surface area contributed by atoms with Gasteiger partial charge in [-0.15, -0.1) is 0 Å². The zero-order valence-corrected chi connectivity index (χ0v) is 8.52. The van der Waals surface area contributed by atoms with Crippen LogP contribution in [0.2, 0.25) is 0 Å². The first-order chi connectivity index (χ1) is 6.74. The summed E-state index contributed by atoms with van der Waals surface area (Å²) >= 11 is 1.15. The monoisotopic (exact) mass is 206 g/mol. The summed E-state index contributed by atoms with van der Waals surface area (Å²) in [6.07, 6.45) is 0. The summed E-state index contributed by atoms with van der Waals surface area (Å²) in [5, 5.41) is 4.87. The molecule has 0 unspecified atom stereocenters. The van der Waals surface area contributed by atoms with Gasteiger partial charge < -0.3 is 5.32 Å². The number of aryl methyl sites for hydroxylation is 1. The quantitative estimate of drug-likeness (QED) is 0.793. The van der Waals surface area contributed by atoms with Crippen LogP contribution in [0.3, 0.4) is 0 Å². The van der Waals surface area contributed by atoms with Crippen LogP contribution in [0.4, 0.5) is 11.5 Å². The van der Waals surface area contributed by atoms with E-state index in [1.807, 2.05) is 31.2 Å². The van der Waals surface area contributed by atoms with Crippen LogP contribution in [-0.4, -0.2) is 4.98 Å². The van der Waals surface area contributed by atoms with E-state index >= 15 is 0 Å². The number of aromatic amines is 1. The number of anilines is 2. The van der Waals surface area contributed by atoms with Crippen LogP contribution >= 0.6 is 11.3 Å². The lowest BCUT2D eigenvalue weighted by atomic mass is 10.2. The Kier molecular flexibility index (Phi) is 2.37. The van der Waals surface area contributed by atoms with Crippen LogP contribution in [0.15, 0.2) is 34.4 Å². The molecule has 4 heteroatoms.